The molecule has 1 unspecified atom stereocenters. The standard InChI is InChI=1S/C12H24N2O2S/c1-14(11-6-4-2-3-5-7-11)17(15,16)12-8-9-13-10-12/h11-13H,2-10H2,1H3. The van der Waals surface area contributed by atoms with Crippen molar-refractivity contribution < 1.29 is 8.42 Å². The number of nitrogens with one attached hydrogen (secondary N) is 1. The van der Waals surface area contributed by atoms with Crippen molar-refractivity contribution in [1.29, 1.82) is 0 Å². The molecule has 0 aromatic carbocycles. The van der Waals surface area contributed by atoms with E-state index >= 15 is 0 Å². The predicted octanol–water partition coefficient (Wildman–Crippen LogP) is 1.33. The Kier molecular flexibility index (Phi) is 4.44. The van der Waals surface area contributed by atoms with Gasteiger partial charge in [0.05, 0.1) is 5.25 Å². The summed E-state index contributed by atoms with van der Waals surface area (Å²) < 4.78 is 26.5. The van der Waals surface area contributed by atoms with Crippen LogP contribution in [0.15, 0.2) is 0 Å². The summed E-state index contributed by atoms with van der Waals surface area (Å²) in [6.45, 7) is 1.46. The first-order valence-corrected chi connectivity index (χ1v) is 8.30. The summed E-state index contributed by atoms with van der Waals surface area (Å²) in [6, 6.07) is 0.239. The molecule has 2 aliphatic rings. The van der Waals surface area contributed by atoms with Crippen molar-refractivity contribution in [3.05, 3.63) is 0 Å². The van der Waals surface area contributed by atoms with Gasteiger partial charge in [0.2, 0.25) is 10.0 Å². The van der Waals surface area contributed by atoms with E-state index in [-0.39, 0.29) is 11.3 Å². The molecule has 1 saturated heterocycles. The van der Waals surface area contributed by atoms with Gasteiger partial charge < -0.3 is 5.32 Å². The number of nitrogens with zero attached hydrogens (tertiary/aromatic N) is 1. The number of sulfonamides is 1. The minimum absolute atomic E-state index is 0.198. The second-order valence-electron chi connectivity index (χ2n) is 5.32. The topological polar surface area (TPSA) is 49.4 Å². The molecule has 0 radical (unpaired) electrons. The fourth-order valence-corrected chi connectivity index (χ4v) is 4.79. The highest BCUT2D eigenvalue weighted by atomic mass is 32.2. The summed E-state index contributed by atoms with van der Waals surface area (Å²) in [5, 5.41) is 2.94. The third-order valence-corrected chi connectivity index (χ3v) is 6.52. The third-order valence-electron chi connectivity index (χ3n) is 4.18. The second-order valence-corrected chi connectivity index (χ2v) is 7.59. The Balaban J connectivity index is 2.03. The molecular weight excluding hydrogens is 236 g/mol. The lowest BCUT2D eigenvalue weighted by molar-refractivity contribution is 0.332. The van der Waals surface area contributed by atoms with Crippen molar-refractivity contribution in [1.82, 2.24) is 9.62 Å². The summed E-state index contributed by atoms with van der Waals surface area (Å²) in [6.07, 6.45) is 7.71. The Hall–Kier alpha value is -0.130. The van der Waals surface area contributed by atoms with Gasteiger partial charge in [-0.05, 0) is 25.8 Å². The quantitative estimate of drug-likeness (QED) is 0.779. The highest BCUT2D eigenvalue weighted by Gasteiger charge is 2.35. The van der Waals surface area contributed by atoms with Crippen LogP contribution >= 0.6 is 0 Å². The molecule has 1 aliphatic carbocycles. The van der Waals surface area contributed by atoms with E-state index in [1.54, 1.807) is 11.4 Å². The zero-order chi connectivity index (χ0) is 12.3. The first-order chi connectivity index (χ1) is 8.12. The van der Waals surface area contributed by atoms with Crippen LogP contribution in [0, 0.1) is 0 Å². The van der Waals surface area contributed by atoms with Crippen molar-refractivity contribution in [3.63, 3.8) is 0 Å². The maximum absolute atomic E-state index is 12.4. The Labute approximate surface area is 105 Å². The first kappa shape index (κ1) is 13.3. The lowest BCUT2D eigenvalue weighted by Gasteiger charge is -2.28. The van der Waals surface area contributed by atoms with Gasteiger partial charge in [-0.15, -0.1) is 0 Å². The number of rotatable bonds is 3. The molecule has 0 aromatic rings. The van der Waals surface area contributed by atoms with E-state index in [1.807, 2.05) is 0 Å². The second kappa shape index (κ2) is 5.67. The van der Waals surface area contributed by atoms with Crippen LogP contribution in [0.25, 0.3) is 0 Å². The van der Waals surface area contributed by atoms with E-state index in [0.717, 1.165) is 25.8 Å². The van der Waals surface area contributed by atoms with Gasteiger partial charge >= 0.3 is 0 Å². The maximum Gasteiger partial charge on any atom is 0.218 e. The minimum atomic E-state index is -3.08. The average molecular weight is 260 g/mol. The molecule has 100 valence electrons. The summed E-state index contributed by atoms with van der Waals surface area (Å²) in [7, 11) is -1.30. The van der Waals surface area contributed by atoms with E-state index in [4.69, 9.17) is 0 Å². The molecule has 1 atom stereocenters. The highest BCUT2D eigenvalue weighted by Crippen LogP contribution is 2.25. The van der Waals surface area contributed by atoms with E-state index in [0.29, 0.717) is 6.54 Å². The molecule has 0 aromatic heterocycles. The smallest absolute Gasteiger partial charge is 0.218 e. The van der Waals surface area contributed by atoms with Gasteiger partial charge in [-0.3, -0.25) is 0 Å². The SMILES string of the molecule is CN(C1CCCCCC1)S(=O)(=O)C1CCNC1. The molecule has 2 fully saturated rings. The molecule has 17 heavy (non-hydrogen) atoms. The lowest BCUT2D eigenvalue weighted by atomic mass is 10.1. The van der Waals surface area contributed by atoms with Gasteiger partial charge in [0.15, 0.2) is 0 Å². The zero-order valence-electron chi connectivity index (χ0n) is 10.7. The molecule has 0 bridgehead atoms. The fourth-order valence-electron chi connectivity index (χ4n) is 2.95. The summed E-state index contributed by atoms with van der Waals surface area (Å²) >= 11 is 0. The van der Waals surface area contributed by atoms with E-state index < -0.39 is 10.0 Å². The van der Waals surface area contributed by atoms with Crippen molar-refractivity contribution >= 4 is 10.0 Å². The lowest BCUT2D eigenvalue weighted by Crippen LogP contribution is -2.43. The monoisotopic (exact) mass is 260 g/mol. The van der Waals surface area contributed by atoms with Crippen LogP contribution in [-0.4, -0.2) is 44.2 Å². The summed E-state index contributed by atoms with van der Waals surface area (Å²) in [4.78, 5) is 0. The van der Waals surface area contributed by atoms with E-state index in [2.05, 4.69) is 5.32 Å². The van der Waals surface area contributed by atoms with Crippen molar-refractivity contribution in [2.24, 2.45) is 0 Å². The Morgan fingerprint density at radius 1 is 1.06 bits per heavy atom. The Morgan fingerprint density at radius 2 is 1.71 bits per heavy atom. The number of hydrogen-bond acceptors (Lipinski definition) is 3. The van der Waals surface area contributed by atoms with Crippen LogP contribution in [0.4, 0.5) is 0 Å². The molecule has 1 N–H and O–H groups in total. The Bertz CT molecular complexity index is 328. The van der Waals surface area contributed by atoms with Gasteiger partial charge in [-0.1, -0.05) is 25.7 Å². The van der Waals surface area contributed by atoms with Gasteiger partial charge in [-0.25, -0.2) is 12.7 Å². The summed E-state index contributed by atoms with van der Waals surface area (Å²) in [5.41, 5.74) is 0. The molecule has 1 saturated carbocycles. The van der Waals surface area contributed by atoms with E-state index in [9.17, 15) is 8.42 Å². The van der Waals surface area contributed by atoms with Crippen LogP contribution in [-0.2, 0) is 10.0 Å². The third kappa shape index (κ3) is 3.01. The molecule has 2 rings (SSSR count). The van der Waals surface area contributed by atoms with Gasteiger partial charge in [0, 0.05) is 19.6 Å². The van der Waals surface area contributed by atoms with Gasteiger partial charge in [0.25, 0.3) is 0 Å². The molecule has 5 heteroatoms. The largest absolute Gasteiger partial charge is 0.315 e. The summed E-state index contributed by atoms with van der Waals surface area (Å²) in [5.74, 6) is 0. The van der Waals surface area contributed by atoms with Crippen LogP contribution in [0.1, 0.15) is 44.9 Å². The molecule has 1 heterocycles. The van der Waals surface area contributed by atoms with E-state index in [1.165, 1.54) is 25.7 Å². The molecule has 1 aliphatic heterocycles. The van der Waals surface area contributed by atoms with Gasteiger partial charge in [0.1, 0.15) is 0 Å². The molecule has 0 amide bonds. The average Bonchev–Trinajstić information content (AvgIpc) is 2.72. The van der Waals surface area contributed by atoms with Crippen molar-refractivity contribution in [3.8, 4) is 0 Å². The maximum atomic E-state index is 12.4. The zero-order valence-corrected chi connectivity index (χ0v) is 11.5. The van der Waals surface area contributed by atoms with Crippen LogP contribution in [0.3, 0.4) is 0 Å². The Morgan fingerprint density at radius 3 is 2.24 bits per heavy atom. The normalized spacial score (nSPS) is 28.5. The van der Waals surface area contributed by atoms with Gasteiger partial charge in [-0.2, -0.15) is 0 Å². The van der Waals surface area contributed by atoms with Crippen LogP contribution in [0.2, 0.25) is 0 Å². The van der Waals surface area contributed by atoms with Crippen molar-refractivity contribution in [2.45, 2.75) is 56.2 Å². The first-order valence-electron chi connectivity index (χ1n) is 6.80. The van der Waals surface area contributed by atoms with Crippen molar-refractivity contribution in [2.75, 3.05) is 20.1 Å². The highest BCUT2D eigenvalue weighted by molar-refractivity contribution is 7.89. The number of hydrogen-bond donors (Lipinski definition) is 1. The fraction of sp³-hybridized carbons (Fsp3) is 1.00. The molecular formula is C12H24N2O2S. The van der Waals surface area contributed by atoms with Crippen LogP contribution < -0.4 is 5.32 Å². The predicted molar refractivity (Wildman–Crippen MR) is 69.4 cm³/mol. The molecule has 0 spiro atoms. The van der Waals surface area contributed by atoms with Crippen LogP contribution in [0.5, 0.6) is 0 Å². The minimum Gasteiger partial charge on any atom is -0.315 e. The molecule has 4 nitrogen and oxygen atoms in total.